The second kappa shape index (κ2) is 9.23. The molecular formula is C14H16O4. The molecule has 4 heteroatoms. The van der Waals surface area contributed by atoms with E-state index in [0.717, 1.165) is 0 Å². The van der Waals surface area contributed by atoms with Crippen LogP contribution in [0.4, 0.5) is 0 Å². The maximum Gasteiger partial charge on any atom is 0.0770 e. The molecule has 0 aliphatic rings. The van der Waals surface area contributed by atoms with Gasteiger partial charge in [-0.1, -0.05) is 36.8 Å². The molecule has 0 aliphatic heterocycles. The van der Waals surface area contributed by atoms with Crippen LogP contribution in [0.15, 0.2) is 35.5 Å². The largest absolute Gasteiger partial charge is 0.391 e. The van der Waals surface area contributed by atoms with Crippen LogP contribution in [0, 0.1) is 23.7 Å². The lowest BCUT2D eigenvalue weighted by Gasteiger charge is -1.99. The standard InChI is InChI=1S/C14H16O4/c1-11(7-15)3-5-13(9-17)14(10-18)6-4-12(2)8-16/h15-18H,1-2,7-10H2/b14-13+. The van der Waals surface area contributed by atoms with Crippen LogP contribution >= 0.6 is 0 Å². The third kappa shape index (κ3) is 6.05. The Morgan fingerprint density at radius 3 is 1.17 bits per heavy atom. The minimum absolute atomic E-state index is 0.241. The Kier molecular flexibility index (Phi) is 8.30. The topological polar surface area (TPSA) is 80.9 Å². The van der Waals surface area contributed by atoms with E-state index in [4.69, 9.17) is 20.4 Å². The molecule has 0 amide bonds. The molecule has 0 rings (SSSR count). The van der Waals surface area contributed by atoms with Gasteiger partial charge >= 0.3 is 0 Å². The zero-order valence-corrected chi connectivity index (χ0v) is 10.0. The first kappa shape index (κ1) is 16.2. The average molecular weight is 248 g/mol. The highest BCUT2D eigenvalue weighted by Crippen LogP contribution is 2.02. The Bertz CT molecular complexity index is 419. The summed E-state index contributed by atoms with van der Waals surface area (Å²) in [5, 5.41) is 35.7. The zero-order chi connectivity index (χ0) is 14.0. The first-order chi connectivity index (χ1) is 8.58. The Hall–Kier alpha value is -1.82. The van der Waals surface area contributed by atoms with Crippen molar-refractivity contribution in [2.75, 3.05) is 26.4 Å². The highest BCUT2D eigenvalue weighted by molar-refractivity contribution is 5.48. The summed E-state index contributed by atoms with van der Waals surface area (Å²) in [4.78, 5) is 0. The van der Waals surface area contributed by atoms with E-state index in [9.17, 15) is 0 Å². The van der Waals surface area contributed by atoms with Crippen molar-refractivity contribution >= 4 is 0 Å². The Balaban J connectivity index is 5.26. The van der Waals surface area contributed by atoms with Gasteiger partial charge in [-0.05, 0) is 0 Å². The van der Waals surface area contributed by atoms with Crippen molar-refractivity contribution in [3.05, 3.63) is 35.5 Å². The minimum atomic E-state index is -0.387. The van der Waals surface area contributed by atoms with Gasteiger partial charge in [0.25, 0.3) is 0 Å². The normalized spacial score (nSPS) is 10.4. The van der Waals surface area contributed by atoms with Gasteiger partial charge in [-0.25, -0.2) is 0 Å². The fraction of sp³-hybridized carbons (Fsp3) is 0.286. The quantitative estimate of drug-likeness (QED) is 0.499. The lowest BCUT2D eigenvalue weighted by molar-refractivity contribution is 0.319. The summed E-state index contributed by atoms with van der Waals surface area (Å²) in [6.07, 6.45) is 0. The van der Waals surface area contributed by atoms with E-state index in [2.05, 4.69) is 36.8 Å². The first-order valence-corrected chi connectivity index (χ1v) is 5.14. The van der Waals surface area contributed by atoms with E-state index in [0.29, 0.717) is 11.1 Å². The fourth-order valence-electron chi connectivity index (χ4n) is 0.828. The smallest absolute Gasteiger partial charge is 0.0770 e. The van der Waals surface area contributed by atoms with Crippen molar-refractivity contribution in [3.8, 4) is 23.7 Å². The van der Waals surface area contributed by atoms with Crippen molar-refractivity contribution in [1.29, 1.82) is 0 Å². The zero-order valence-electron chi connectivity index (χ0n) is 10.0. The van der Waals surface area contributed by atoms with Gasteiger partial charge in [0.15, 0.2) is 0 Å². The van der Waals surface area contributed by atoms with Crippen LogP contribution in [-0.2, 0) is 0 Å². The summed E-state index contributed by atoms with van der Waals surface area (Å²) in [6.45, 7) is 5.64. The molecule has 18 heavy (non-hydrogen) atoms. The molecule has 0 radical (unpaired) electrons. The Morgan fingerprint density at radius 1 is 0.611 bits per heavy atom. The molecule has 0 spiro atoms. The molecule has 0 aromatic carbocycles. The molecule has 0 atom stereocenters. The maximum atomic E-state index is 9.13. The summed E-state index contributed by atoms with van der Waals surface area (Å²) >= 11 is 0. The van der Waals surface area contributed by atoms with Crippen molar-refractivity contribution in [3.63, 3.8) is 0 Å². The van der Waals surface area contributed by atoms with Crippen molar-refractivity contribution < 1.29 is 20.4 Å². The SMILES string of the molecule is C=C(C#C/C(CO)=C(/C#CC(=C)CO)CO)CO. The van der Waals surface area contributed by atoms with E-state index < -0.39 is 0 Å². The summed E-state index contributed by atoms with van der Waals surface area (Å²) in [5.74, 6) is 10.2. The maximum absolute atomic E-state index is 9.13. The number of rotatable bonds is 4. The highest BCUT2D eigenvalue weighted by atomic mass is 16.3. The molecule has 0 saturated carbocycles. The highest BCUT2D eigenvalue weighted by Gasteiger charge is 2.00. The molecule has 4 N–H and O–H groups in total. The fourth-order valence-corrected chi connectivity index (χ4v) is 0.828. The lowest BCUT2D eigenvalue weighted by Crippen LogP contribution is -1.99. The molecule has 0 fully saturated rings. The molecule has 4 nitrogen and oxygen atoms in total. The molecule has 96 valence electrons. The molecule has 0 saturated heterocycles. The van der Waals surface area contributed by atoms with E-state index in [1.807, 2.05) is 0 Å². The van der Waals surface area contributed by atoms with Crippen LogP contribution in [0.25, 0.3) is 0 Å². The predicted octanol–water partition coefficient (Wildman–Crippen LogP) is -0.629. The monoisotopic (exact) mass is 248 g/mol. The number of aliphatic hydroxyl groups excluding tert-OH is 4. The van der Waals surface area contributed by atoms with Gasteiger partial charge in [-0.3, -0.25) is 0 Å². The van der Waals surface area contributed by atoms with Gasteiger partial charge in [-0.15, -0.1) is 0 Å². The number of hydrogen-bond acceptors (Lipinski definition) is 4. The molecule has 0 aliphatic carbocycles. The number of aliphatic hydroxyl groups is 4. The Morgan fingerprint density at radius 2 is 0.944 bits per heavy atom. The molecule has 0 unspecified atom stereocenters. The lowest BCUT2D eigenvalue weighted by atomic mass is 10.1. The second-order valence-electron chi connectivity index (χ2n) is 3.30. The minimum Gasteiger partial charge on any atom is -0.391 e. The molecule has 0 aromatic heterocycles. The van der Waals surface area contributed by atoms with Gasteiger partial charge in [0.05, 0.1) is 26.4 Å². The van der Waals surface area contributed by atoms with E-state index >= 15 is 0 Å². The summed E-state index contributed by atoms with van der Waals surface area (Å²) in [5.41, 5.74) is 1.08. The van der Waals surface area contributed by atoms with Crippen molar-refractivity contribution in [2.24, 2.45) is 0 Å². The first-order valence-electron chi connectivity index (χ1n) is 5.14. The molecular weight excluding hydrogens is 232 g/mol. The molecule has 0 bridgehead atoms. The summed E-state index contributed by atoms with van der Waals surface area (Å²) < 4.78 is 0. The third-order valence-electron chi connectivity index (χ3n) is 1.84. The van der Waals surface area contributed by atoms with Gasteiger partial charge in [0.2, 0.25) is 0 Å². The number of hydrogen-bond donors (Lipinski definition) is 4. The van der Waals surface area contributed by atoms with E-state index in [1.54, 1.807) is 0 Å². The van der Waals surface area contributed by atoms with Gasteiger partial charge in [-0.2, -0.15) is 0 Å². The summed E-state index contributed by atoms with van der Waals surface area (Å²) in [7, 11) is 0. The molecule has 0 aromatic rings. The van der Waals surface area contributed by atoms with Crippen LogP contribution in [0.1, 0.15) is 0 Å². The van der Waals surface area contributed by atoms with Crippen molar-refractivity contribution in [1.82, 2.24) is 0 Å². The summed E-state index contributed by atoms with van der Waals surface area (Å²) in [6, 6.07) is 0. The predicted molar refractivity (Wildman–Crippen MR) is 69.2 cm³/mol. The van der Waals surface area contributed by atoms with Crippen LogP contribution in [-0.4, -0.2) is 46.9 Å². The van der Waals surface area contributed by atoms with Crippen molar-refractivity contribution in [2.45, 2.75) is 0 Å². The Labute approximate surface area is 107 Å². The van der Waals surface area contributed by atoms with E-state index in [1.165, 1.54) is 0 Å². The van der Waals surface area contributed by atoms with E-state index in [-0.39, 0.29) is 37.6 Å². The third-order valence-corrected chi connectivity index (χ3v) is 1.84. The van der Waals surface area contributed by atoms with Crippen LogP contribution < -0.4 is 0 Å². The average Bonchev–Trinajstić information content (AvgIpc) is 2.41. The van der Waals surface area contributed by atoms with Gasteiger partial charge < -0.3 is 20.4 Å². The van der Waals surface area contributed by atoms with Crippen LogP contribution in [0.2, 0.25) is 0 Å². The molecule has 0 heterocycles. The van der Waals surface area contributed by atoms with Gasteiger partial charge in [0, 0.05) is 22.3 Å². The van der Waals surface area contributed by atoms with Crippen LogP contribution in [0.3, 0.4) is 0 Å². The van der Waals surface area contributed by atoms with Crippen LogP contribution in [0.5, 0.6) is 0 Å². The second-order valence-corrected chi connectivity index (χ2v) is 3.30. The van der Waals surface area contributed by atoms with Gasteiger partial charge in [0.1, 0.15) is 0 Å².